The average Bonchev–Trinajstić information content (AvgIpc) is 3.73. The summed E-state index contributed by atoms with van der Waals surface area (Å²) in [5, 5.41) is 17.2. The highest BCUT2D eigenvalue weighted by molar-refractivity contribution is 9.11. The van der Waals surface area contributed by atoms with Crippen molar-refractivity contribution in [2.24, 2.45) is 0 Å². The van der Waals surface area contributed by atoms with E-state index >= 15 is 0 Å². The first kappa shape index (κ1) is 38.7. The normalized spacial score (nSPS) is 18.3. The molecule has 252 valence electrons. The maximum absolute atomic E-state index is 4.29. The van der Waals surface area contributed by atoms with Crippen LogP contribution in [0.5, 0.6) is 0 Å². The summed E-state index contributed by atoms with van der Waals surface area (Å²) in [4.78, 5) is 10.5. The predicted molar refractivity (Wildman–Crippen MR) is 210 cm³/mol. The maximum atomic E-state index is 4.29. The van der Waals surface area contributed by atoms with E-state index in [4.69, 9.17) is 0 Å². The van der Waals surface area contributed by atoms with Crippen molar-refractivity contribution >= 4 is 57.0 Å². The fraction of sp³-hybridized carbons (Fsp3) is 0.500. The van der Waals surface area contributed by atoms with Gasteiger partial charge in [0, 0.05) is 74.5 Å². The molecule has 0 bridgehead atoms. The lowest BCUT2D eigenvalue weighted by Gasteiger charge is -2.42. The third-order valence-corrected chi connectivity index (χ3v) is 13.0. The van der Waals surface area contributed by atoms with Gasteiger partial charge in [-0.05, 0) is 56.5 Å². The molecule has 0 amide bonds. The largest absolute Gasteiger partial charge is 0.345 e. The average molecular weight is 746 g/mol. The molecule has 6 rings (SSSR count). The number of nitrogens with one attached hydrogen (secondary N) is 3. The lowest BCUT2D eigenvalue weighted by atomic mass is 10.1. The van der Waals surface area contributed by atoms with E-state index in [2.05, 4.69) is 157 Å². The zero-order chi connectivity index (χ0) is 33.6. The molecule has 0 saturated carbocycles. The van der Waals surface area contributed by atoms with E-state index in [0.717, 1.165) is 48.3 Å². The minimum Gasteiger partial charge on any atom is -0.345 e. The van der Waals surface area contributed by atoms with Crippen LogP contribution in [-0.4, -0.2) is 71.6 Å². The quantitative estimate of drug-likeness (QED) is 0.183. The van der Waals surface area contributed by atoms with Gasteiger partial charge in [0.1, 0.15) is 0 Å². The number of thiazole rings is 2. The summed E-state index contributed by atoms with van der Waals surface area (Å²) in [5.74, 6) is 0. The molecule has 46 heavy (non-hydrogen) atoms. The van der Waals surface area contributed by atoms with Gasteiger partial charge in [-0.3, -0.25) is 0 Å². The van der Waals surface area contributed by atoms with Crippen LogP contribution < -0.4 is 26.2 Å². The van der Waals surface area contributed by atoms with Gasteiger partial charge in [0.05, 0.1) is 0 Å². The Hall–Kier alpha value is -1.71. The molecule has 3 N–H and O–H groups in total. The summed E-state index contributed by atoms with van der Waals surface area (Å²) < 4.78 is 0.947. The van der Waals surface area contributed by atoms with Crippen molar-refractivity contribution in [2.45, 2.75) is 77.8 Å². The molecule has 4 aromatic rings. The molecule has 2 atom stereocenters. The number of rotatable bonds is 3. The fourth-order valence-electron chi connectivity index (χ4n) is 5.74. The minimum absolute atomic E-state index is 0.282. The van der Waals surface area contributed by atoms with Gasteiger partial charge in [0.15, 0.2) is 9.05 Å². The standard InChI is InChI=1S/C20H27P.C8H13N3S.C5H12N2.C3H2BrNS/c1-19(2,3)21(20(4,5)6)18-15-11-10-14-17(18)16-12-8-7-9-13-16;1-7-6-11(4-2-9-7)8-10-3-5-12-8;1-5-4-6-2-3-7-5;4-3-5-1-2-6-3/h7-15H,1-6H3;3,5,7,9H,2,4,6H2,1H3;5-7H,2-4H2,1H3;1-2H/t;7-;5-;/m.11./s1. The van der Waals surface area contributed by atoms with Crippen molar-refractivity contribution in [3.8, 4) is 11.1 Å². The molecule has 2 aromatic carbocycles. The Balaban J connectivity index is 0.000000191. The minimum atomic E-state index is -0.282. The third-order valence-electron chi connectivity index (χ3n) is 7.28. The summed E-state index contributed by atoms with van der Waals surface area (Å²) in [6.45, 7) is 25.3. The number of hydrogen-bond donors (Lipinski definition) is 3. The van der Waals surface area contributed by atoms with E-state index in [-0.39, 0.29) is 7.92 Å². The number of piperazine rings is 2. The van der Waals surface area contributed by atoms with E-state index in [9.17, 15) is 0 Å². The molecule has 2 aliphatic rings. The molecular formula is C36H54BrN6PS2. The predicted octanol–water partition coefficient (Wildman–Crippen LogP) is 8.47. The monoisotopic (exact) mass is 744 g/mol. The van der Waals surface area contributed by atoms with E-state index in [1.807, 2.05) is 17.0 Å². The van der Waals surface area contributed by atoms with Crippen LogP contribution in [0.25, 0.3) is 11.1 Å². The highest BCUT2D eigenvalue weighted by Gasteiger charge is 2.36. The Morgan fingerprint density at radius 1 is 0.783 bits per heavy atom. The molecule has 0 aliphatic carbocycles. The summed E-state index contributed by atoms with van der Waals surface area (Å²) in [6, 6.07) is 21.0. The van der Waals surface area contributed by atoms with Gasteiger partial charge in [-0.25, -0.2) is 9.97 Å². The lowest BCUT2D eigenvalue weighted by Crippen LogP contribution is -2.49. The number of nitrogens with zero attached hydrogens (tertiary/aromatic N) is 3. The molecule has 4 heterocycles. The molecule has 0 unspecified atom stereocenters. The zero-order valence-corrected chi connectivity index (χ0v) is 33.0. The summed E-state index contributed by atoms with van der Waals surface area (Å²) in [7, 11) is -0.282. The van der Waals surface area contributed by atoms with Gasteiger partial charge in [-0.2, -0.15) is 0 Å². The van der Waals surface area contributed by atoms with Crippen molar-refractivity contribution in [1.82, 2.24) is 25.9 Å². The Kier molecular flexibility index (Phi) is 16.3. The Morgan fingerprint density at radius 2 is 1.41 bits per heavy atom. The SMILES string of the molecule is Brc1nccs1.CC(C)(C)P(c1ccccc1-c1ccccc1)C(C)(C)C.C[C@@H]1CN(c2nccs2)CCN1.C[C@@H]1CNCCN1. The fourth-order valence-corrected chi connectivity index (χ4v) is 11.4. The van der Waals surface area contributed by atoms with Gasteiger partial charge < -0.3 is 20.9 Å². The van der Waals surface area contributed by atoms with Crippen molar-refractivity contribution < 1.29 is 0 Å². The van der Waals surface area contributed by atoms with Crippen molar-refractivity contribution in [3.63, 3.8) is 0 Å². The summed E-state index contributed by atoms with van der Waals surface area (Å²) in [5.41, 5.74) is 2.73. The third kappa shape index (κ3) is 13.4. The lowest BCUT2D eigenvalue weighted by molar-refractivity contribution is 0.442. The van der Waals surface area contributed by atoms with Crippen LogP contribution in [0.3, 0.4) is 0 Å². The molecule has 2 saturated heterocycles. The molecule has 2 aromatic heterocycles. The topological polar surface area (TPSA) is 65.1 Å². The van der Waals surface area contributed by atoms with Crippen LogP contribution in [0, 0.1) is 0 Å². The van der Waals surface area contributed by atoms with E-state index in [0.29, 0.717) is 22.4 Å². The Morgan fingerprint density at radius 3 is 1.89 bits per heavy atom. The van der Waals surface area contributed by atoms with Crippen LogP contribution in [0.1, 0.15) is 55.4 Å². The van der Waals surface area contributed by atoms with Gasteiger partial charge >= 0.3 is 0 Å². The first-order chi connectivity index (χ1) is 21.9. The van der Waals surface area contributed by atoms with Crippen LogP contribution in [-0.2, 0) is 0 Å². The van der Waals surface area contributed by atoms with Crippen molar-refractivity contribution in [2.75, 3.05) is 44.2 Å². The van der Waals surface area contributed by atoms with Crippen molar-refractivity contribution in [1.29, 1.82) is 0 Å². The summed E-state index contributed by atoms with van der Waals surface area (Å²) in [6.07, 6.45) is 3.63. The van der Waals surface area contributed by atoms with Gasteiger partial charge in [0.2, 0.25) is 0 Å². The van der Waals surface area contributed by atoms with Crippen LogP contribution in [0.15, 0.2) is 81.7 Å². The molecular weight excluding hydrogens is 691 g/mol. The number of aromatic nitrogens is 2. The second-order valence-electron chi connectivity index (χ2n) is 13.5. The molecule has 2 fully saturated rings. The second kappa shape index (κ2) is 19.3. The highest BCUT2D eigenvalue weighted by Crippen LogP contribution is 2.59. The molecule has 10 heteroatoms. The Bertz CT molecular complexity index is 1340. The van der Waals surface area contributed by atoms with E-state index in [1.165, 1.54) is 16.4 Å². The van der Waals surface area contributed by atoms with Gasteiger partial charge in [0.25, 0.3) is 0 Å². The van der Waals surface area contributed by atoms with Gasteiger partial charge in [-0.1, -0.05) is 104 Å². The first-order valence-electron chi connectivity index (χ1n) is 16.2. The molecule has 0 radical (unpaired) electrons. The highest BCUT2D eigenvalue weighted by atomic mass is 79.9. The first-order valence-corrected chi connectivity index (χ1v) is 20.1. The molecule has 6 nitrogen and oxygen atoms in total. The number of benzene rings is 2. The van der Waals surface area contributed by atoms with E-state index < -0.39 is 0 Å². The Labute approximate surface area is 296 Å². The molecule has 0 spiro atoms. The van der Waals surface area contributed by atoms with E-state index in [1.54, 1.807) is 28.9 Å². The second-order valence-corrected chi connectivity index (χ2v) is 20.4. The van der Waals surface area contributed by atoms with Crippen molar-refractivity contribution in [3.05, 3.63) is 81.7 Å². The number of hydrogen-bond acceptors (Lipinski definition) is 8. The number of halogens is 1. The summed E-state index contributed by atoms with van der Waals surface area (Å²) >= 11 is 6.49. The van der Waals surface area contributed by atoms with Gasteiger partial charge in [-0.15, -0.1) is 22.7 Å². The van der Waals surface area contributed by atoms with Crippen LogP contribution >= 0.6 is 46.5 Å². The van der Waals surface area contributed by atoms with Crippen LogP contribution in [0.2, 0.25) is 0 Å². The maximum Gasteiger partial charge on any atom is 0.185 e. The van der Waals surface area contributed by atoms with Crippen LogP contribution in [0.4, 0.5) is 5.13 Å². The smallest absolute Gasteiger partial charge is 0.185 e. The number of anilines is 1. The molecule has 2 aliphatic heterocycles. The zero-order valence-electron chi connectivity index (χ0n) is 28.9.